The maximum atomic E-state index is 13.0. The number of fused-ring (bicyclic) bond motifs is 2. The first-order valence-electron chi connectivity index (χ1n) is 7.30. The van der Waals surface area contributed by atoms with Gasteiger partial charge in [0.2, 0.25) is 0 Å². The highest BCUT2D eigenvalue weighted by Crippen LogP contribution is 2.46. The van der Waals surface area contributed by atoms with Gasteiger partial charge in [-0.1, -0.05) is 0 Å². The van der Waals surface area contributed by atoms with Crippen LogP contribution in [0.3, 0.4) is 0 Å². The number of rotatable bonds is 1. The molecule has 3 nitrogen and oxygen atoms in total. The number of aliphatic hydroxyl groups is 1. The minimum Gasteiger partial charge on any atom is -0.385 e. The molecule has 2 aliphatic heterocycles. The zero-order valence-corrected chi connectivity index (χ0v) is 12.2. The highest BCUT2D eigenvalue weighted by Gasteiger charge is 2.47. The highest BCUT2D eigenvalue weighted by atomic mass is 19.4. The summed E-state index contributed by atoms with van der Waals surface area (Å²) in [7, 11) is 1.99. The van der Waals surface area contributed by atoms with Gasteiger partial charge in [0.25, 0.3) is 0 Å². The van der Waals surface area contributed by atoms with Gasteiger partial charge in [-0.05, 0) is 56.5 Å². The Morgan fingerprint density at radius 2 is 1.82 bits per heavy atom. The summed E-state index contributed by atoms with van der Waals surface area (Å²) in [4.78, 5) is 2.20. The Bertz CT molecular complexity index is 621. The molecular weight excluding hydrogens is 293 g/mol. The molecule has 6 heteroatoms. The number of alkyl halides is 3. The molecule has 1 N–H and O–H groups in total. The summed E-state index contributed by atoms with van der Waals surface area (Å²) < 4.78 is 39.0. The molecule has 0 amide bonds. The normalized spacial score (nSPS) is 32.0. The van der Waals surface area contributed by atoms with E-state index in [1.807, 2.05) is 7.05 Å². The summed E-state index contributed by atoms with van der Waals surface area (Å²) in [6.07, 6.45) is -1.80. The van der Waals surface area contributed by atoms with E-state index in [1.54, 1.807) is 6.07 Å². The fraction of sp³-hybridized carbons (Fsp3) is 0.562. The van der Waals surface area contributed by atoms with E-state index in [0.29, 0.717) is 12.8 Å². The van der Waals surface area contributed by atoms with E-state index in [9.17, 15) is 18.3 Å². The lowest BCUT2D eigenvalue weighted by molar-refractivity contribution is -0.137. The van der Waals surface area contributed by atoms with E-state index in [4.69, 9.17) is 5.26 Å². The molecule has 0 aliphatic carbocycles. The molecule has 2 unspecified atom stereocenters. The van der Waals surface area contributed by atoms with E-state index >= 15 is 0 Å². The van der Waals surface area contributed by atoms with Crippen LogP contribution in [0, 0.1) is 11.3 Å². The number of benzene rings is 1. The second-order valence-electron chi connectivity index (χ2n) is 6.40. The minimum absolute atomic E-state index is 0.0653. The molecule has 22 heavy (non-hydrogen) atoms. The average Bonchev–Trinajstić information content (AvgIpc) is 2.69. The Kier molecular flexibility index (Phi) is 3.46. The second-order valence-corrected chi connectivity index (χ2v) is 6.40. The second kappa shape index (κ2) is 4.97. The van der Waals surface area contributed by atoms with Crippen LogP contribution in [0.4, 0.5) is 13.2 Å². The molecular formula is C16H17F3N2O. The molecule has 0 saturated carbocycles. The molecule has 2 bridgehead atoms. The van der Waals surface area contributed by atoms with E-state index in [-0.39, 0.29) is 23.2 Å². The molecule has 0 radical (unpaired) electrons. The van der Waals surface area contributed by atoms with Gasteiger partial charge in [-0.25, -0.2) is 0 Å². The third-order valence-electron chi connectivity index (χ3n) is 5.06. The number of hydrogen-bond acceptors (Lipinski definition) is 3. The summed E-state index contributed by atoms with van der Waals surface area (Å²) in [5, 5.41) is 19.9. The van der Waals surface area contributed by atoms with Crippen molar-refractivity contribution < 1.29 is 18.3 Å². The van der Waals surface area contributed by atoms with E-state index in [2.05, 4.69) is 4.90 Å². The van der Waals surface area contributed by atoms with Crippen molar-refractivity contribution in [2.45, 2.75) is 49.5 Å². The van der Waals surface area contributed by atoms with Crippen molar-refractivity contribution in [3.8, 4) is 6.07 Å². The maximum absolute atomic E-state index is 13.0. The summed E-state index contributed by atoms with van der Waals surface area (Å²) in [6, 6.07) is 5.34. The fourth-order valence-corrected chi connectivity index (χ4v) is 3.81. The Morgan fingerprint density at radius 1 is 1.23 bits per heavy atom. The average molecular weight is 310 g/mol. The van der Waals surface area contributed by atoms with Crippen LogP contribution in [-0.2, 0) is 11.8 Å². The zero-order valence-electron chi connectivity index (χ0n) is 12.2. The van der Waals surface area contributed by atoms with Crippen molar-refractivity contribution >= 4 is 0 Å². The number of piperidine rings is 1. The monoisotopic (exact) mass is 310 g/mol. The van der Waals surface area contributed by atoms with Crippen LogP contribution in [-0.4, -0.2) is 29.1 Å². The summed E-state index contributed by atoms with van der Waals surface area (Å²) in [6.45, 7) is 0. The third-order valence-corrected chi connectivity index (χ3v) is 5.06. The predicted molar refractivity (Wildman–Crippen MR) is 73.9 cm³/mol. The van der Waals surface area contributed by atoms with E-state index in [0.717, 1.165) is 25.0 Å². The van der Waals surface area contributed by atoms with Crippen molar-refractivity contribution in [2.75, 3.05) is 7.05 Å². The first kappa shape index (κ1) is 15.3. The van der Waals surface area contributed by atoms with Gasteiger partial charge < -0.3 is 10.0 Å². The van der Waals surface area contributed by atoms with Crippen LogP contribution in [0.25, 0.3) is 0 Å². The first-order valence-corrected chi connectivity index (χ1v) is 7.30. The maximum Gasteiger partial charge on any atom is 0.416 e. The number of halogens is 3. The summed E-state index contributed by atoms with van der Waals surface area (Å²) in [5.41, 5.74) is -2.01. The molecule has 118 valence electrons. The smallest absolute Gasteiger partial charge is 0.385 e. The SMILES string of the molecule is CN1C2CCC1CC(O)(c1cc(C#N)cc(C(F)(F)F)c1)C2. The van der Waals surface area contributed by atoms with Crippen molar-refractivity contribution in [3.63, 3.8) is 0 Å². The Hall–Kier alpha value is -1.58. The van der Waals surface area contributed by atoms with E-state index in [1.165, 1.54) is 6.07 Å². The van der Waals surface area contributed by atoms with Crippen molar-refractivity contribution in [2.24, 2.45) is 0 Å². The summed E-state index contributed by atoms with van der Waals surface area (Å²) in [5.74, 6) is 0. The lowest BCUT2D eigenvalue weighted by atomic mass is 9.79. The Balaban J connectivity index is 2.03. The molecule has 0 aromatic heterocycles. The third kappa shape index (κ3) is 2.49. The highest BCUT2D eigenvalue weighted by molar-refractivity contribution is 5.41. The van der Waals surface area contributed by atoms with Crippen LogP contribution >= 0.6 is 0 Å². The molecule has 2 saturated heterocycles. The van der Waals surface area contributed by atoms with Crippen LogP contribution in [0.1, 0.15) is 42.4 Å². The topological polar surface area (TPSA) is 47.3 Å². The Morgan fingerprint density at radius 3 is 2.32 bits per heavy atom. The molecule has 2 heterocycles. The fourth-order valence-electron chi connectivity index (χ4n) is 3.81. The molecule has 2 fully saturated rings. The van der Waals surface area contributed by atoms with Gasteiger partial charge in [0, 0.05) is 12.1 Å². The van der Waals surface area contributed by atoms with Gasteiger partial charge >= 0.3 is 6.18 Å². The standard InChI is InChI=1S/C16H17F3N2O/c1-21-13-2-3-14(21)8-15(22,7-13)11-4-10(9-20)5-12(6-11)16(17,18)19/h4-6,13-14,22H,2-3,7-8H2,1H3. The lowest BCUT2D eigenvalue weighted by Gasteiger charge is -2.42. The van der Waals surface area contributed by atoms with Crippen molar-refractivity contribution in [1.82, 2.24) is 4.90 Å². The van der Waals surface area contributed by atoms with Gasteiger partial charge in [0.15, 0.2) is 0 Å². The van der Waals surface area contributed by atoms with Crippen LogP contribution < -0.4 is 0 Å². The molecule has 0 spiro atoms. The van der Waals surface area contributed by atoms with Crippen molar-refractivity contribution in [1.29, 1.82) is 5.26 Å². The molecule has 1 aromatic rings. The molecule has 2 atom stereocenters. The van der Waals surface area contributed by atoms with Gasteiger partial charge in [-0.3, -0.25) is 0 Å². The molecule has 1 aromatic carbocycles. The zero-order chi connectivity index (χ0) is 16.1. The van der Waals surface area contributed by atoms with Crippen LogP contribution in [0.15, 0.2) is 18.2 Å². The van der Waals surface area contributed by atoms with Gasteiger partial charge in [-0.2, -0.15) is 18.4 Å². The number of nitriles is 1. The predicted octanol–water partition coefficient (Wildman–Crippen LogP) is 3.02. The molecule has 3 rings (SSSR count). The van der Waals surface area contributed by atoms with Crippen molar-refractivity contribution in [3.05, 3.63) is 34.9 Å². The Labute approximate surface area is 127 Å². The molecule has 2 aliphatic rings. The summed E-state index contributed by atoms with van der Waals surface area (Å²) >= 11 is 0. The van der Waals surface area contributed by atoms with Gasteiger partial charge in [-0.15, -0.1) is 0 Å². The quantitative estimate of drug-likeness (QED) is 0.867. The van der Waals surface area contributed by atoms with Gasteiger partial charge in [0.1, 0.15) is 0 Å². The van der Waals surface area contributed by atoms with Crippen LogP contribution in [0.2, 0.25) is 0 Å². The van der Waals surface area contributed by atoms with Crippen LogP contribution in [0.5, 0.6) is 0 Å². The minimum atomic E-state index is -4.53. The lowest BCUT2D eigenvalue weighted by Crippen LogP contribution is -2.47. The van der Waals surface area contributed by atoms with E-state index < -0.39 is 17.3 Å². The van der Waals surface area contributed by atoms with Gasteiger partial charge in [0.05, 0.1) is 22.8 Å². The number of nitrogens with zero attached hydrogens (tertiary/aromatic N) is 2. The number of hydrogen-bond donors (Lipinski definition) is 1. The largest absolute Gasteiger partial charge is 0.416 e. The first-order chi connectivity index (χ1) is 10.2.